The molecule has 4 rings (SSSR count). The van der Waals surface area contributed by atoms with E-state index in [2.05, 4.69) is 29.3 Å². The molecule has 1 aromatic rings. The third kappa shape index (κ3) is 3.67. The zero-order valence-electron chi connectivity index (χ0n) is 17.0. The van der Waals surface area contributed by atoms with E-state index in [4.69, 9.17) is 10.7 Å². The Labute approximate surface area is 175 Å². The highest BCUT2D eigenvalue weighted by atomic mass is 19.2. The van der Waals surface area contributed by atoms with E-state index in [9.17, 15) is 8.78 Å². The molecule has 0 saturated heterocycles. The summed E-state index contributed by atoms with van der Waals surface area (Å²) in [6.07, 6.45) is 13.5. The lowest BCUT2D eigenvalue weighted by Gasteiger charge is -2.31. The number of nitrogens with zero attached hydrogens (tertiary/aromatic N) is 1. The van der Waals surface area contributed by atoms with E-state index in [1.807, 2.05) is 31.4 Å². The van der Waals surface area contributed by atoms with Gasteiger partial charge in [-0.25, -0.2) is 8.78 Å². The number of rotatable bonds is 4. The molecule has 3 N–H and O–H groups in total. The summed E-state index contributed by atoms with van der Waals surface area (Å²) in [6.45, 7) is 3.65. The molecule has 3 aliphatic rings. The highest BCUT2D eigenvalue weighted by molar-refractivity contribution is 6.11. The Kier molecular flexibility index (Phi) is 5.27. The molecule has 2 aliphatic heterocycles. The van der Waals surface area contributed by atoms with Gasteiger partial charge >= 0.3 is 0 Å². The van der Waals surface area contributed by atoms with Gasteiger partial charge in [0.25, 0.3) is 0 Å². The predicted molar refractivity (Wildman–Crippen MR) is 116 cm³/mol. The molecule has 0 spiro atoms. The summed E-state index contributed by atoms with van der Waals surface area (Å²) in [5.41, 5.74) is 10.6. The number of nitrogens with one attached hydrogen (secondary N) is 1. The normalized spacial score (nSPS) is 22.3. The molecule has 0 saturated carbocycles. The number of hydrogen-bond donors (Lipinski definition) is 2. The van der Waals surface area contributed by atoms with Crippen LogP contribution in [0.4, 0.5) is 8.78 Å². The van der Waals surface area contributed by atoms with Gasteiger partial charge in [-0.2, -0.15) is 0 Å². The van der Waals surface area contributed by atoms with Crippen molar-refractivity contribution in [3.63, 3.8) is 0 Å². The molecule has 152 valence electrons. The van der Waals surface area contributed by atoms with Crippen LogP contribution in [0, 0.1) is 23.5 Å². The van der Waals surface area contributed by atoms with E-state index in [0.717, 1.165) is 41.8 Å². The monoisotopic (exact) mass is 403 g/mol. The summed E-state index contributed by atoms with van der Waals surface area (Å²) in [5.74, 6) is 4.40. The number of hydrogen-bond acceptors (Lipinski definition) is 3. The van der Waals surface area contributed by atoms with Gasteiger partial charge in [0.2, 0.25) is 0 Å². The van der Waals surface area contributed by atoms with Crippen LogP contribution < -0.4 is 11.1 Å². The summed E-state index contributed by atoms with van der Waals surface area (Å²) in [4.78, 5) is 4.86. The number of halogens is 2. The first-order valence-electron chi connectivity index (χ1n) is 9.91. The van der Waals surface area contributed by atoms with Gasteiger partial charge in [-0.3, -0.25) is 4.99 Å². The minimum absolute atomic E-state index is 0.0156. The largest absolute Gasteiger partial charge is 0.379 e. The van der Waals surface area contributed by atoms with Crippen LogP contribution in [0.2, 0.25) is 0 Å². The van der Waals surface area contributed by atoms with Gasteiger partial charge in [-0.15, -0.1) is 0 Å². The molecule has 3 nitrogen and oxygen atoms in total. The third-order valence-corrected chi connectivity index (χ3v) is 5.61. The Hall–Kier alpha value is -3.23. The second kappa shape index (κ2) is 7.89. The number of allylic oxidation sites excluding steroid dienone is 6. The summed E-state index contributed by atoms with van der Waals surface area (Å²) in [6, 6.07) is 3.74. The van der Waals surface area contributed by atoms with Crippen LogP contribution >= 0.6 is 0 Å². The van der Waals surface area contributed by atoms with Gasteiger partial charge in [-0.1, -0.05) is 36.1 Å². The van der Waals surface area contributed by atoms with Crippen molar-refractivity contribution in [1.82, 2.24) is 5.32 Å². The lowest BCUT2D eigenvalue weighted by molar-refractivity contribution is 0.500. The number of aliphatic imine (C=N–C) groups is 1. The first-order valence-corrected chi connectivity index (χ1v) is 9.91. The maximum atomic E-state index is 13.8. The van der Waals surface area contributed by atoms with Crippen molar-refractivity contribution in [3.8, 4) is 11.8 Å². The second-order valence-electron chi connectivity index (χ2n) is 7.67. The quantitative estimate of drug-likeness (QED) is 0.724. The fourth-order valence-electron chi connectivity index (χ4n) is 3.90. The van der Waals surface area contributed by atoms with E-state index in [1.165, 1.54) is 11.6 Å². The van der Waals surface area contributed by atoms with Crippen molar-refractivity contribution in [3.05, 3.63) is 94.4 Å². The summed E-state index contributed by atoms with van der Waals surface area (Å²) in [7, 11) is 0. The van der Waals surface area contributed by atoms with Gasteiger partial charge < -0.3 is 11.1 Å². The average Bonchev–Trinajstić information content (AvgIpc) is 2.76. The van der Waals surface area contributed by atoms with Crippen molar-refractivity contribution in [2.75, 3.05) is 0 Å². The van der Waals surface area contributed by atoms with E-state index in [1.54, 1.807) is 6.92 Å². The smallest absolute Gasteiger partial charge is 0.159 e. The highest BCUT2D eigenvalue weighted by Crippen LogP contribution is 2.32. The summed E-state index contributed by atoms with van der Waals surface area (Å²) in [5, 5.41) is 3.37. The molecule has 0 aromatic heterocycles. The van der Waals surface area contributed by atoms with Gasteiger partial charge in [-0.05, 0) is 60.4 Å². The lowest BCUT2D eigenvalue weighted by Crippen LogP contribution is -2.39. The molecule has 0 radical (unpaired) electrons. The standard InChI is InChI=1S/C25H23F2N3/c1-3-19(25(2,28)18-9-10-20(26)21(27)14-18)22-11-12-23-24(30-22)13-17(15-29-23)16-7-5-4-6-8-16/h3,7,9-15,23,29H,5,8,28H2,1-2H3/b19-3-. The van der Waals surface area contributed by atoms with Crippen LogP contribution in [0.15, 0.2) is 82.2 Å². The minimum Gasteiger partial charge on any atom is -0.379 e. The zero-order valence-corrected chi connectivity index (χ0v) is 17.0. The van der Waals surface area contributed by atoms with Crippen molar-refractivity contribution >= 4 is 5.71 Å². The molecular weight excluding hydrogens is 380 g/mol. The van der Waals surface area contributed by atoms with Gasteiger partial charge in [0.15, 0.2) is 11.6 Å². The second-order valence-corrected chi connectivity index (χ2v) is 7.67. The van der Waals surface area contributed by atoms with E-state index in [0.29, 0.717) is 11.3 Å². The van der Waals surface area contributed by atoms with Crippen LogP contribution in [0.3, 0.4) is 0 Å². The van der Waals surface area contributed by atoms with Crippen LogP contribution in [-0.4, -0.2) is 11.8 Å². The Bertz CT molecular complexity index is 1130. The Morgan fingerprint density at radius 2 is 2.13 bits per heavy atom. The van der Waals surface area contributed by atoms with Crippen LogP contribution in [0.5, 0.6) is 0 Å². The van der Waals surface area contributed by atoms with E-state index < -0.39 is 17.2 Å². The van der Waals surface area contributed by atoms with Gasteiger partial charge in [0.05, 0.1) is 23.0 Å². The van der Waals surface area contributed by atoms with Crippen molar-refractivity contribution in [2.45, 2.75) is 38.3 Å². The topological polar surface area (TPSA) is 50.4 Å². The van der Waals surface area contributed by atoms with E-state index in [-0.39, 0.29) is 6.04 Å². The summed E-state index contributed by atoms with van der Waals surface area (Å²) < 4.78 is 27.2. The summed E-state index contributed by atoms with van der Waals surface area (Å²) >= 11 is 0. The molecule has 1 aliphatic carbocycles. The molecule has 1 aromatic carbocycles. The van der Waals surface area contributed by atoms with Crippen molar-refractivity contribution in [1.29, 1.82) is 0 Å². The third-order valence-electron chi connectivity index (χ3n) is 5.61. The number of benzene rings is 1. The van der Waals surface area contributed by atoms with Crippen molar-refractivity contribution < 1.29 is 8.78 Å². The fourth-order valence-corrected chi connectivity index (χ4v) is 3.90. The molecule has 0 fully saturated rings. The first kappa shape index (κ1) is 20.1. The zero-order chi connectivity index (χ0) is 21.3. The molecule has 2 atom stereocenters. The van der Waals surface area contributed by atoms with Gasteiger partial charge in [0.1, 0.15) is 0 Å². The Morgan fingerprint density at radius 3 is 2.83 bits per heavy atom. The molecular formula is C25H23F2N3. The molecule has 30 heavy (non-hydrogen) atoms. The fraction of sp³-hybridized carbons (Fsp3) is 0.240. The highest BCUT2D eigenvalue weighted by Gasteiger charge is 2.31. The maximum absolute atomic E-state index is 13.8. The number of dihydropyridines is 2. The SMILES string of the molecule is C/C=C(/C1=NC2=CC(C3=CCC#CC3)=CNC2C=C1)C(C)(N)c1ccc(F)c(F)c1. The van der Waals surface area contributed by atoms with Gasteiger partial charge in [0, 0.05) is 19.0 Å². The molecule has 5 heteroatoms. The molecule has 2 unspecified atom stereocenters. The number of nitrogens with two attached hydrogens (primary N) is 1. The number of fused-ring (bicyclic) bond motifs is 1. The van der Waals surface area contributed by atoms with Crippen molar-refractivity contribution in [2.24, 2.45) is 10.7 Å². The molecule has 0 amide bonds. The average molecular weight is 403 g/mol. The molecule has 0 bridgehead atoms. The minimum atomic E-state index is -1.04. The molecule has 2 heterocycles. The van der Waals surface area contributed by atoms with Crippen LogP contribution in [0.1, 0.15) is 32.3 Å². The lowest BCUT2D eigenvalue weighted by atomic mass is 9.81. The van der Waals surface area contributed by atoms with Crippen LogP contribution in [-0.2, 0) is 5.54 Å². The van der Waals surface area contributed by atoms with Crippen LogP contribution in [0.25, 0.3) is 0 Å². The van der Waals surface area contributed by atoms with E-state index >= 15 is 0 Å². The Morgan fingerprint density at radius 1 is 1.30 bits per heavy atom. The first-order chi connectivity index (χ1) is 14.4. The Balaban J connectivity index is 1.67. The maximum Gasteiger partial charge on any atom is 0.159 e. The predicted octanol–water partition coefficient (Wildman–Crippen LogP) is 4.56.